The summed E-state index contributed by atoms with van der Waals surface area (Å²) in [6, 6.07) is 5.17. The summed E-state index contributed by atoms with van der Waals surface area (Å²) in [6.07, 6.45) is 4.42. The summed E-state index contributed by atoms with van der Waals surface area (Å²) in [5.41, 5.74) is 7.06. The zero-order valence-electron chi connectivity index (χ0n) is 14.6. The van der Waals surface area contributed by atoms with Crippen LogP contribution in [0.4, 0.5) is 5.69 Å². The number of halogens is 1. The molecule has 0 spiro atoms. The summed E-state index contributed by atoms with van der Waals surface area (Å²) >= 11 is 6.17. The number of imidazole rings is 1. The first kappa shape index (κ1) is 20.0. The molecule has 0 aliphatic carbocycles. The van der Waals surface area contributed by atoms with E-state index in [2.05, 4.69) is 4.98 Å². The Balaban J connectivity index is 2.15. The van der Waals surface area contributed by atoms with Crippen LogP contribution < -0.4 is 10.5 Å². The summed E-state index contributed by atoms with van der Waals surface area (Å²) in [5.74, 6) is -0.224. The van der Waals surface area contributed by atoms with Crippen molar-refractivity contribution in [3.8, 4) is 0 Å². The van der Waals surface area contributed by atoms with Gasteiger partial charge in [0.05, 0.1) is 6.54 Å². The number of hydrogen-bond donors (Lipinski definition) is 2. The number of nitrogens with one attached hydrogen (secondary N) is 1. The Hall–Kier alpha value is -2.32. The Kier molecular flexibility index (Phi) is 6.44. The minimum Gasteiger partial charge on any atom is -0.399 e. The molecule has 0 aliphatic rings. The monoisotopic (exact) mass is 396 g/mol. The van der Waals surface area contributed by atoms with Gasteiger partial charge in [0.1, 0.15) is 11.5 Å². The molecule has 140 valence electrons. The number of sulfonamides is 1. The highest BCUT2D eigenvalue weighted by Crippen LogP contribution is 2.21. The topological polar surface area (TPSA) is 107 Å². The summed E-state index contributed by atoms with van der Waals surface area (Å²) < 4.78 is 27.4. The number of nitrogens with zero attached hydrogens (tertiary/aromatic N) is 2. The molecule has 0 unspecified atom stereocenters. The van der Waals surface area contributed by atoms with E-state index in [0.717, 1.165) is 17.4 Å². The van der Waals surface area contributed by atoms with E-state index < -0.39 is 15.9 Å². The second kappa shape index (κ2) is 8.37. The van der Waals surface area contributed by atoms with Gasteiger partial charge in [-0.25, -0.2) is 18.1 Å². The number of anilines is 1. The quantitative estimate of drug-likeness (QED) is 0.699. The fourth-order valence-corrected chi connectivity index (χ4v) is 3.30. The van der Waals surface area contributed by atoms with Crippen molar-refractivity contribution in [2.45, 2.75) is 33.2 Å². The van der Waals surface area contributed by atoms with E-state index in [4.69, 9.17) is 17.3 Å². The van der Waals surface area contributed by atoms with Gasteiger partial charge in [0.2, 0.25) is 0 Å². The first-order valence-electron chi connectivity index (χ1n) is 8.03. The van der Waals surface area contributed by atoms with Crippen LogP contribution in [0, 0.1) is 6.92 Å². The molecule has 1 amide bonds. The summed E-state index contributed by atoms with van der Waals surface area (Å²) in [5, 5.41) is 1.50. The summed E-state index contributed by atoms with van der Waals surface area (Å²) in [6.45, 7) is 4.03. The molecule has 0 aliphatic heterocycles. The van der Waals surface area contributed by atoms with Crippen LogP contribution in [-0.2, 0) is 16.6 Å². The van der Waals surface area contributed by atoms with E-state index in [9.17, 15) is 13.2 Å². The van der Waals surface area contributed by atoms with E-state index in [1.54, 1.807) is 29.7 Å². The van der Waals surface area contributed by atoms with Gasteiger partial charge in [-0.15, -0.1) is 0 Å². The zero-order valence-corrected chi connectivity index (χ0v) is 16.1. The zero-order chi connectivity index (χ0) is 19.3. The van der Waals surface area contributed by atoms with E-state index in [0.29, 0.717) is 29.5 Å². The molecule has 3 N–H and O–H groups in total. The Morgan fingerprint density at radius 1 is 1.42 bits per heavy atom. The number of aromatic nitrogens is 2. The molecule has 9 heteroatoms. The second-order valence-corrected chi connectivity index (χ2v) is 7.76. The lowest BCUT2D eigenvalue weighted by Crippen LogP contribution is -2.29. The van der Waals surface area contributed by atoms with Gasteiger partial charge in [0.25, 0.3) is 15.9 Å². The molecule has 2 aromatic rings. The van der Waals surface area contributed by atoms with Crippen molar-refractivity contribution in [1.82, 2.24) is 14.3 Å². The predicted octanol–water partition coefficient (Wildman–Crippen LogP) is 2.85. The Morgan fingerprint density at radius 2 is 2.15 bits per heavy atom. The maximum atomic E-state index is 12.2. The molecule has 0 bridgehead atoms. The van der Waals surface area contributed by atoms with Crippen LogP contribution in [0.1, 0.15) is 41.6 Å². The molecule has 1 aromatic heterocycles. The van der Waals surface area contributed by atoms with Crippen LogP contribution in [0.3, 0.4) is 0 Å². The number of aryl methyl sites for hydroxylation is 1. The van der Waals surface area contributed by atoms with Crippen molar-refractivity contribution in [1.29, 1.82) is 0 Å². The SMILES string of the molecule is CCC/C=C/S(=O)(=O)NC(=O)c1cn(Cc2ccc(N)cc2Cl)c(C)n1. The number of carbonyl (C=O) groups excluding carboxylic acids is 1. The predicted molar refractivity (Wildman–Crippen MR) is 102 cm³/mol. The highest BCUT2D eigenvalue weighted by molar-refractivity contribution is 7.92. The lowest BCUT2D eigenvalue weighted by atomic mass is 10.2. The average molecular weight is 397 g/mol. The largest absolute Gasteiger partial charge is 0.399 e. The third kappa shape index (κ3) is 5.34. The number of nitrogens with two attached hydrogens (primary N) is 1. The Labute approximate surface area is 157 Å². The maximum absolute atomic E-state index is 12.2. The first-order chi connectivity index (χ1) is 12.2. The molecular weight excluding hydrogens is 376 g/mol. The van der Waals surface area contributed by atoms with Gasteiger partial charge in [0.15, 0.2) is 0 Å². The smallest absolute Gasteiger partial charge is 0.285 e. The number of amides is 1. The molecule has 26 heavy (non-hydrogen) atoms. The van der Waals surface area contributed by atoms with E-state index in [1.807, 2.05) is 11.6 Å². The van der Waals surface area contributed by atoms with E-state index in [-0.39, 0.29) is 5.69 Å². The molecule has 7 nitrogen and oxygen atoms in total. The van der Waals surface area contributed by atoms with Crippen molar-refractivity contribution in [3.63, 3.8) is 0 Å². The van der Waals surface area contributed by atoms with Crippen molar-refractivity contribution >= 4 is 33.2 Å². The molecular formula is C17H21ClN4O3S. The van der Waals surface area contributed by atoms with Crippen LogP contribution in [0.2, 0.25) is 5.02 Å². The molecule has 0 atom stereocenters. The molecule has 2 rings (SSSR count). The fourth-order valence-electron chi connectivity index (χ4n) is 2.23. The number of benzene rings is 1. The number of carbonyl (C=O) groups is 1. The van der Waals surface area contributed by atoms with Gasteiger partial charge in [-0.2, -0.15) is 0 Å². The van der Waals surface area contributed by atoms with Gasteiger partial charge in [-0.3, -0.25) is 4.79 Å². The van der Waals surface area contributed by atoms with Crippen LogP contribution in [-0.4, -0.2) is 23.9 Å². The van der Waals surface area contributed by atoms with Gasteiger partial charge < -0.3 is 10.3 Å². The lowest BCUT2D eigenvalue weighted by molar-refractivity contribution is 0.0977. The molecule has 0 saturated carbocycles. The van der Waals surface area contributed by atoms with Crippen LogP contribution in [0.5, 0.6) is 0 Å². The van der Waals surface area contributed by atoms with Gasteiger partial charge >= 0.3 is 0 Å². The number of nitrogen functional groups attached to an aromatic ring is 1. The highest BCUT2D eigenvalue weighted by Gasteiger charge is 2.17. The van der Waals surface area contributed by atoms with Crippen LogP contribution in [0.15, 0.2) is 35.9 Å². The number of hydrogen-bond acceptors (Lipinski definition) is 5. The minimum absolute atomic E-state index is 0.0153. The van der Waals surface area contributed by atoms with Crippen molar-refractivity contribution < 1.29 is 13.2 Å². The fraction of sp³-hybridized carbons (Fsp3) is 0.294. The van der Waals surface area contributed by atoms with Crippen molar-refractivity contribution in [2.24, 2.45) is 0 Å². The highest BCUT2D eigenvalue weighted by atomic mass is 35.5. The normalized spacial score (nSPS) is 11.8. The second-order valence-electron chi connectivity index (χ2n) is 5.79. The van der Waals surface area contributed by atoms with Crippen LogP contribution in [0.25, 0.3) is 0 Å². The number of allylic oxidation sites excluding steroid dienone is 1. The van der Waals surface area contributed by atoms with Gasteiger partial charge in [0, 0.05) is 22.3 Å². The average Bonchev–Trinajstić information content (AvgIpc) is 2.91. The van der Waals surface area contributed by atoms with Gasteiger partial charge in [-0.1, -0.05) is 37.1 Å². The third-order valence-electron chi connectivity index (χ3n) is 3.59. The van der Waals surface area contributed by atoms with Crippen LogP contribution >= 0.6 is 11.6 Å². The number of rotatable bonds is 7. The Bertz CT molecular complexity index is 935. The minimum atomic E-state index is -3.84. The maximum Gasteiger partial charge on any atom is 0.285 e. The Morgan fingerprint density at radius 3 is 2.81 bits per heavy atom. The molecule has 1 heterocycles. The molecule has 1 aromatic carbocycles. The summed E-state index contributed by atoms with van der Waals surface area (Å²) in [7, 11) is -3.84. The molecule has 0 radical (unpaired) electrons. The first-order valence-corrected chi connectivity index (χ1v) is 9.95. The summed E-state index contributed by atoms with van der Waals surface area (Å²) in [4.78, 5) is 16.3. The molecule has 0 saturated heterocycles. The van der Waals surface area contributed by atoms with Crippen molar-refractivity contribution in [3.05, 3.63) is 58.0 Å². The van der Waals surface area contributed by atoms with Crippen molar-refractivity contribution in [2.75, 3.05) is 5.73 Å². The van der Waals surface area contributed by atoms with E-state index >= 15 is 0 Å². The number of unbranched alkanes of at least 4 members (excludes halogenated alkanes) is 1. The van der Waals surface area contributed by atoms with Gasteiger partial charge in [-0.05, 0) is 31.0 Å². The standard InChI is InChI=1S/C17H21ClN4O3S/c1-3-4-5-8-26(24,25)21-17(23)16-11-22(12(2)20-16)10-13-6-7-14(19)9-15(13)18/h5-9,11H,3-4,10,19H2,1-2H3,(H,21,23)/b8-5+. The van der Waals surface area contributed by atoms with E-state index in [1.165, 1.54) is 12.3 Å². The lowest BCUT2D eigenvalue weighted by Gasteiger charge is -2.07. The molecule has 0 fully saturated rings. The third-order valence-corrected chi connectivity index (χ3v) is 4.96.